The van der Waals surface area contributed by atoms with Crippen LogP contribution >= 0.6 is 0 Å². The summed E-state index contributed by atoms with van der Waals surface area (Å²) in [7, 11) is 0. The van der Waals surface area contributed by atoms with Gasteiger partial charge in [-0.25, -0.2) is 9.59 Å². The highest BCUT2D eigenvalue weighted by molar-refractivity contribution is 5.89. The van der Waals surface area contributed by atoms with Crippen LogP contribution in [0.1, 0.15) is 44.0 Å². The SMILES string of the molecule is CC(C)=CCOc1cc2oc(=O)ccc2cc1O.CCCCOC(=O)c1ccc(N)cc1. The first-order valence-electron chi connectivity index (χ1n) is 10.4. The predicted octanol–water partition coefficient (Wildman–Crippen LogP) is 5.07. The topological polar surface area (TPSA) is 112 Å². The molecule has 0 fully saturated rings. The second-order valence-electron chi connectivity index (χ2n) is 7.32. The third kappa shape index (κ3) is 7.83. The van der Waals surface area contributed by atoms with Gasteiger partial charge in [0.15, 0.2) is 11.5 Å². The van der Waals surface area contributed by atoms with Gasteiger partial charge in [-0.3, -0.25) is 0 Å². The predicted molar refractivity (Wildman–Crippen MR) is 125 cm³/mol. The molecule has 0 bridgehead atoms. The van der Waals surface area contributed by atoms with E-state index in [1.54, 1.807) is 30.3 Å². The Kier molecular flexibility index (Phi) is 9.35. The van der Waals surface area contributed by atoms with Crippen molar-refractivity contribution in [3.63, 3.8) is 0 Å². The molecule has 1 aromatic heterocycles. The third-order valence-electron chi connectivity index (χ3n) is 4.31. The fourth-order valence-electron chi connectivity index (χ4n) is 2.51. The number of unbranched alkanes of at least 4 members (excludes halogenated alkanes) is 1. The van der Waals surface area contributed by atoms with Crippen LogP contribution in [0, 0.1) is 0 Å². The van der Waals surface area contributed by atoms with E-state index in [1.807, 2.05) is 19.9 Å². The molecular weight excluding hydrogens is 410 g/mol. The lowest BCUT2D eigenvalue weighted by atomic mass is 10.2. The lowest BCUT2D eigenvalue weighted by molar-refractivity contribution is 0.0500. The summed E-state index contributed by atoms with van der Waals surface area (Å²) in [5.74, 6) is 0.0475. The summed E-state index contributed by atoms with van der Waals surface area (Å²) in [6.07, 6.45) is 3.82. The Balaban J connectivity index is 0.000000235. The monoisotopic (exact) mass is 439 g/mol. The third-order valence-corrected chi connectivity index (χ3v) is 4.31. The van der Waals surface area contributed by atoms with Crippen molar-refractivity contribution in [1.29, 1.82) is 0 Å². The van der Waals surface area contributed by atoms with E-state index in [0.717, 1.165) is 18.4 Å². The summed E-state index contributed by atoms with van der Waals surface area (Å²) in [6, 6.07) is 12.7. The average molecular weight is 440 g/mol. The van der Waals surface area contributed by atoms with Crippen LogP contribution in [0.3, 0.4) is 0 Å². The number of esters is 1. The largest absolute Gasteiger partial charge is 0.504 e. The molecular formula is C25H29NO6. The number of fused-ring (bicyclic) bond motifs is 1. The number of phenolic OH excluding ortho intramolecular Hbond substituents is 1. The molecule has 0 atom stereocenters. The number of ether oxygens (including phenoxy) is 2. The molecule has 0 aliphatic carbocycles. The van der Waals surface area contributed by atoms with Crippen molar-refractivity contribution in [2.45, 2.75) is 33.6 Å². The molecule has 0 amide bonds. The number of carbonyl (C=O) groups is 1. The van der Waals surface area contributed by atoms with E-state index >= 15 is 0 Å². The number of hydrogen-bond acceptors (Lipinski definition) is 7. The van der Waals surface area contributed by atoms with Gasteiger partial charge in [0.1, 0.15) is 12.2 Å². The summed E-state index contributed by atoms with van der Waals surface area (Å²) in [4.78, 5) is 22.5. The van der Waals surface area contributed by atoms with Gasteiger partial charge in [-0.1, -0.05) is 18.9 Å². The number of benzene rings is 2. The highest BCUT2D eigenvalue weighted by atomic mass is 16.5. The van der Waals surface area contributed by atoms with E-state index in [1.165, 1.54) is 18.2 Å². The van der Waals surface area contributed by atoms with Crippen LogP contribution in [0.5, 0.6) is 11.5 Å². The van der Waals surface area contributed by atoms with Crippen molar-refractivity contribution < 1.29 is 23.8 Å². The average Bonchev–Trinajstić information content (AvgIpc) is 2.75. The van der Waals surface area contributed by atoms with Gasteiger partial charge in [0.25, 0.3) is 0 Å². The Morgan fingerprint density at radius 3 is 2.50 bits per heavy atom. The minimum Gasteiger partial charge on any atom is -0.504 e. The van der Waals surface area contributed by atoms with E-state index < -0.39 is 5.63 Å². The summed E-state index contributed by atoms with van der Waals surface area (Å²) in [5, 5.41) is 10.4. The number of carbonyl (C=O) groups excluding carboxylic acids is 1. The molecule has 170 valence electrons. The van der Waals surface area contributed by atoms with E-state index in [-0.39, 0.29) is 11.7 Å². The first kappa shape index (κ1) is 24.5. The second kappa shape index (κ2) is 12.2. The van der Waals surface area contributed by atoms with Crippen molar-refractivity contribution in [2.75, 3.05) is 18.9 Å². The quantitative estimate of drug-likeness (QED) is 0.174. The number of allylic oxidation sites excluding steroid dienone is 1. The molecule has 0 spiro atoms. The van der Waals surface area contributed by atoms with Gasteiger partial charge in [-0.05, 0) is 62.7 Å². The van der Waals surface area contributed by atoms with Crippen LogP contribution in [-0.2, 0) is 4.74 Å². The summed E-state index contributed by atoms with van der Waals surface area (Å²) >= 11 is 0. The van der Waals surface area contributed by atoms with Gasteiger partial charge in [0.05, 0.1) is 12.2 Å². The van der Waals surface area contributed by atoms with E-state index in [2.05, 4.69) is 6.92 Å². The Labute approximate surface area is 187 Å². The zero-order valence-electron chi connectivity index (χ0n) is 18.6. The minimum atomic E-state index is -0.427. The van der Waals surface area contributed by atoms with Gasteiger partial charge < -0.3 is 24.7 Å². The zero-order valence-corrected chi connectivity index (χ0v) is 18.6. The Morgan fingerprint density at radius 1 is 1.12 bits per heavy atom. The zero-order chi connectivity index (χ0) is 23.5. The molecule has 3 rings (SSSR count). The highest BCUT2D eigenvalue weighted by Gasteiger charge is 2.07. The molecule has 0 unspecified atom stereocenters. The molecule has 0 saturated carbocycles. The molecule has 0 radical (unpaired) electrons. The Morgan fingerprint density at radius 2 is 1.84 bits per heavy atom. The van der Waals surface area contributed by atoms with Crippen LogP contribution < -0.4 is 16.1 Å². The molecule has 0 saturated heterocycles. The maximum atomic E-state index is 11.4. The second-order valence-corrected chi connectivity index (χ2v) is 7.32. The minimum absolute atomic E-state index is 0.0264. The molecule has 3 N–H and O–H groups in total. The fraction of sp³-hybridized carbons (Fsp3) is 0.280. The molecule has 0 aliphatic rings. The number of aromatic hydroxyl groups is 1. The number of anilines is 1. The van der Waals surface area contributed by atoms with Gasteiger partial charge in [0.2, 0.25) is 0 Å². The lowest BCUT2D eigenvalue weighted by Crippen LogP contribution is -2.06. The number of hydrogen-bond donors (Lipinski definition) is 2. The van der Waals surface area contributed by atoms with Crippen molar-refractivity contribution >= 4 is 22.6 Å². The smallest absolute Gasteiger partial charge is 0.338 e. The molecule has 3 aromatic rings. The van der Waals surface area contributed by atoms with Crippen molar-refractivity contribution in [1.82, 2.24) is 0 Å². The van der Waals surface area contributed by atoms with Gasteiger partial charge in [-0.2, -0.15) is 0 Å². The maximum absolute atomic E-state index is 11.4. The van der Waals surface area contributed by atoms with Crippen LogP contribution in [-0.4, -0.2) is 24.3 Å². The first-order chi connectivity index (χ1) is 15.3. The van der Waals surface area contributed by atoms with Gasteiger partial charge in [0, 0.05) is 23.2 Å². The number of phenols is 1. The number of rotatable bonds is 7. The van der Waals surface area contributed by atoms with Crippen LogP contribution in [0.25, 0.3) is 11.0 Å². The lowest BCUT2D eigenvalue weighted by Gasteiger charge is -2.07. The molecule has 1 heterocycles. The van der Waals surface area contributed by atoms with E-state index in [9.17, 15) is 14.7 Å². The Bertz CT molecular complexity index is 1110. The standard InChI is InChI=1S/C14H14O4.C11H15NO2/c1-9(2)5-6-17-13-8-12-10(7-11(13)15)3-4-14(16)18-12;1-2-3-8-14-11(13)9-4-6-10(12)7-5-9/h3-5,7-8,15H,6H2,1-2H3;4-7H,2-3,8,12H2,1H3. The molecule has 2 aromatic carbocycles. The summed E-state index contributed by atoms with van der Waals surface area (Å²) in [5.41, 5.74) is 7.79. The van der Waals surface area contributed by atoms with Gasteiger partial charge >= 0.3 is 11.6 Å². The fourth-order valence-corrected chi connectivity index (χ4v) is 2.51. The van der Waals surface area contributed by atoms with Gasteiger partial charge in [-0.15, -0.1) is 0 Å². The van der Waals surface area contributed by atoms with Crippen LogP contribution in [0.2, 0.25) is 0 Å². The normalized spacial score (nSPS) is 10.1. The van der Waals surface area contributed by atoms with Crippen molar-refractivity contribution in [2.24, 2.45) is 0 Å². The van der Waals surface area contributed by atoms with Crippen LogP contribution in [0.4, 0.5) is 5.69 Å². The van der Waals surface area contributed by atoms with E-state index in [0.29, 0.717) is 41.2 Å². The highest BCUT2D eigenvalue weighted by Crippen LogP contribution is 2.30. The van der Waals surface area contributed by atoms with E-state index in [4.69, 9.17) is 19.6 Å². The molecule has 7 nitrogen and oxygen atoms in total. The summed E-state index contributed by atoms with van der Waals surface area (Å²) in [6.45, 7) is 6.82. The maximum Gasteiger partial charge on any atom is 0.338 e. The van der Waals surface area contributed by atoms with Crippen molar-refractivity contribution in [3.8, 4) is 11.5 Å². The number of nitrogen functional groups attached to an aromatic ring is 1. The van der Waals surface area contributed by atoms with Crippen LogP contribution in [0.15, 0.2) is 69.4 Å². The first-order valence-corrected chi connectivity index (χ1v) is 10.4. The number of nitrogens with two attached hydrogens (primary N) is 1. The van der Waals surface area contributed by atoms with Crippen molar-refractivity contribution in [3.05, 3.63) is 76.2 Å². The molecule has 32 heavy (non-hydrogen) atoms. The Hall–Kier alpha value is -3.74. The summed E-state index contributed by atoms with van der Waals surface area (Å²) < 4.78 is 15.5. The molecule has 7 heteroatoms. The molecule has 0 aliphatic heterocycles.